The molecule has 2 amide bonds. The second-order valence-corrected chi connectivity index (χ2v) is 6.82. The lowest BCUT2D eigenvalue weighted by Gasteiger charge is -2.15. The highest BCUT2D eigenvalue weighted by atomic mass is 16.5. The fraction of sp³-hybridized carbons (Fsp3) is 0.261. The molecule has 3 rings (SSSR count). The van der Waals surface area contributed by atoms with E-state index in [-0.39, 0.29) is 32.2 Å². The predicted octanol–water partition coefficient (Wildman–Crippen LogP) is 1.43. The molecule has 0 radical (unpaired) electrons. The zero-order valence-electron chi connectivity index (χ0n) is 16.7. The second-order valence-electron chi connectivity index (χ2n) is 6.82. The van der Waals surface area contributed by atoms with E-state index >= 15 is 0 Å². The lowest BCUT2D eigenvalue weighted by Crippen LogP contribution is -2.37. The maximum absolute atomic E-state index is 12.0. The molecule has 0 atom stereocenters. The van der Waals surface area contributed by atoms with E-state index in [1.165, 1.54) is 0 Å². The van der Waals surface area contributed by atoms with Crippen LogP contribution in [-0.4, -0.2) is 65.9 Å². The van der Waals surface area contributed by atoms with E-state index in [4.69, 9.17) is 14.9 Å². The minimum atomic E-state index is -1.21. The first-order valence-corrected chi connectivity index (χ1v) is 9.70. The number of ether oxygens (including phenoxy) is 1. The van der Waals surface area contributed by atoms with Crippen LogP contribution in [-0.2, 0) is 14.3 Å². The van der Waals surface area contributed by atoms with Gasteiger partial charge in [0.25, 0.3) is 5.91 Å². The van der Waals surface area contributed by atoms with Crippen LogP contribution in [0.1, 0.15) is 17.0 Å². The van der Waals surface area contributed by atoms with E-state index < -0.39 is 24.5 Å². The molecule has 0 saturated carbocycles. The number of aliphatic hydroxyl groups excluding tert-OH is 1. The molecule has 0 bridgehead atoms. The van der Waals surface area contributed by atoms with Crippen LogP contribution in [0.15, 0.2) is 48.5 Å². The number of carboxylic acids is 1. The number of rotatable bonds is 7. The van der Waals surface area contributed by atoms with Gasteiger partial charge in [0, 0.05) is 12.5 Å². The van der Waals surface area contributed by atoms with Gasteiger partial charge in [0.2, 0.25) is 0 Å². The predicted molar refractivity (Wildman–Crippen MR) is 112 cm³/mol. The molecule has 1 aliphatic rings. The molecule has 0 heterocycles. The maximum Gasteiger partial charge on any atom is 0.407 e. The van der Waals surface area contributed by atoms with Crippen LogP contribution < -0.4 is 5.32 Å². The highest BCUT2D eigenvalue weighted by Crippen LogP contribution is 2.44. The van der Waals surface area contributed by atoms with Crippen LogP contribution in [0.25, 0.3) is 11.1 Å². The van der Waals surface area contributed by atoms with Crippen molar-refractivity contribution in [2.24, 2.45) is 0 Å². The Bertz CT molecular complexity index is 994. The molecule has 31 heavy (non-hydrogen) atoms. The molecule has 0 unspecified atom stereocenters. The van der Waals surface area contributed by atoms with Crippen molar-refractivity contribution in [3.05, 3.63) is 59.7 Å². The van der Waals surface area contributed by atoms with Crippen molar-refractivity contribution in [3.63, 3.8) is 0 Å². The monoisotopic (exact) mass is 422 g/mol. The second kappa shape index (κ2) is 10.3. The number of carbonyl (C=O) groups is 3. The van der Waals surface area contributed by atoms with Gasteiger partial charge in [-0.25, -0.2) is 4.79 Å². The lowest BCUT2D eigenvalue weighted by molar-refractivity contribution is -0.142. The van der Waals surface area contributed by atoms with Gasteiger partial charge >= 0.3 is 12.1 Å². The first-order valence-electron chi connectivity index (χ1n) is 9.70. The van der Waals surface area contributed by atoms with E-state index in [1.54, 1.807) is 0 Å². The minimum Gasteiger partial charge on any atom is -0.480 e. The van der Waals surface area contributed by atoms with Crippen molar-refractivity contribution in [1.82, 2.24) is 10.2 Å². The molecule has 2 aromatic rings. The molecule has 0 saturated heterocycles. The van der Waals surface area contributed by atoms with Crippen molar-refractivity contribution in [2.75, 3.05) is 32.8 Å². The molecule has 2 aromatic carbocycles. The van der Waals surface area contributed by atoms with Gasteiger partial charge in [-0.15, -0.1) is 0 Å². The third-order valence-corrected chi connectivity index (χ3v) is 4.84. The summed E-state index contributed by atoms with van der Waals surface area (Å²) in [5.74, 6) is 2.69. The fourth-order valence-electron chi connectivity index (χ4n) is 3.50. The Labute approximate surface area is 179 Å². The summed E-state index contributed by atoms with van der Waals surface area (Å²) in [4.78, 5) is 35.6. The zero-order valence-corrected chi connectivity index (χ0v) is 16.7. The zero-order chi connectivity index (χ0) is 22.2. The number of alkyl carbamates (subject to hydrolysis) is 1. The number of nitrogens with zero attached hydrogens (tertiary/aromatic N) is 1. The molecule has 3 N–H and O–H groups in total. The summed E-state index contributed by atoms with van der Waals surface area (Å²) in [5, 5.41) is 20.1. The van der Waals surface area contributed by atoms with Gasteiger partial charge in [-0.05, 0) is 28.2 Å². The van der Waals surface area contributed by atoms with Crippen LogP contribution in [0.2, 0.25) is 0 Å². The van der Waals surface area contributed by atoms with Gasteiger partial charge in [0.1, 0.15) is 13.2 Å². The van der Waals surface area contributed by atoms with Gasteiger partial charge in [0.15, 0.2) is 0 Å². The topological polar surface area (TPSA) is 116 Å². The van der Waals surface area contributed by atoms with Crippen LogP contribution in [0.4, 0.5) is 4.79 Å². The van der Waals surface area contributed by atoms with Gasteiger partial charge in [-0.3, -0.25) is 9.59 Å². The van der Waals surface area contributed by atoms with Crippen LogP contribution >= 0.6 is 0 Å². The van der Waals surface area contributed by atoms with Crippen molar-refractivity contribution < 1.29 is 29.3 Å². The molecular formula is C23H22N2O6. The van der Waals surface area contributed by atoms with Crippen molar-refractivity contribution in [2.45, 2.75) is 5.92 Å². The maximum atomic E-state index is 12.0. The van der Waals surface area contributed by atoms with Gasteiger partial charge in [-0.1, -0.05) is 54.5 Å². The Morgan fingerprint density at radius 1 is 1.03 bits per heavy atom. The van der Waals surface area contributed by atoms with Gasteiger partial charge < -0.3 is 25.2 Å². The molecule has 160 valence electrons. The lowest BCUT2D eigenvalue weighted by atomic mass is 9.98. The number of carboxylic acid groups (broad SMARTS) is 1. The van der Waals surface area contributed by atoms with E-state index in [1.807, 2.05) is 48.5 Å². The molecule has 8 heteroatoms. The third-order valence-electron chi connectivity index (χ3n) is 4.84. The van der Waals surface area contributed by atoms with E-state index in [0.29, 0.717) is 0 Å². The number of carbonyl (C=O) groups excluding carboxylic acids is 2. The molecule has 0 spiro atoms. The Hall–Kier alpha value is -3.83. The summed E-state index contributed by atoms with van der Waals surface area (Å²) in [6.45, 7) is -1.05. The van der Waals surface area contributed by atoms with Gasteiger partial charge in [-0.2, -0.15) is 0 Å². The highest BCUT2D eigenvalue weighted by molar-refractivity contribution is 5.95. The summed E-state index contributed by atoms with van der Waals surface area (Å²) in [6, 6.07) is 16.0. The molecule has 0 aliphatic heterocycles. The van der Waals surface area contributed by atoms with Crippen LogP contribution in [0, 0.1) is 11.8 Å². The van der Waals surface area contributed by atoms with Crippen LogP contribution in [0.3, 0.4) is 0 Å². The Balaban J connectivity index is 1.52. The summed E-state index contributed by atoms with van der Waals surface area (Å²) in [7, 11) is 0. The number of aliphatic carboxylic acids is 1. The van der Waals surface area contributed by atoms with E-state index in [0.717, 1.165) is 27.2 Å². The normalized spacial score (nSPS) is 11.5. The molecule has 0 aromatic heterocycles. The van der Waals surface area contributed by atoms with Crippen molar-refractivity contribution in [1.29, 1.82) is 0 Å². The Kier molecular flexibility index (Phi) is 7.25. The summed E-state index contributed by atoms with van der Waals surface area (Å²) >= 11 is 0. The Morgan fingerprint density at radius 2 is 1.65 bits per heavy atom. The SMILES string of the molecule is O=C(O)CN(CCO)C(=O)C#CCNC(=O)OCC1c2ccccc2-c2ccccc21. The standard InChI is InChI=1S/C23H22N2O6/c26-13-12-25(14-22(28)29)21(27)10-5-11-24-23(30)31-15-20-18-8-3-1-6-16(18)17-7-2-4-9-19(17)20/h1-4,6-9,20,26H,11-15H2,(H,24,30)(H,28,29). The summed E-state index contributed by atoms with van der Waals surface area (Å²) in [6.07, 6.45) is -0.665. The Morgan fingerprint density at radius 3 is 2.23 bits per heavy atom. The van der Waals surface area contributed by atoms with Crippen LogP contribution in [0.5, 0.6) is 0 Å². The highest BCUT2D eigenvalue weighted by Gasteiger charge is 2.28. The number of amides is 2. The number of hydrogen-bond donors (Lipinski definition) is 3. The first kappa shape index (κ1) is 21.9. The summed E-state index contributed by atoms with van der Waals surface area (Å²) in [5.41, 5.74) is 4.46. The van der Waals surface area contributed by atoms with E-state index in [2.05, 4.69) is 17.2 Å². The fourth-order valence-corrected chi connectivity index (χ4v) is 3.50. The van der Waals surface area contributed by atoms with Gasteiger partial charge in [0.05, 0.1) is 13.2 Å². The first-order chi connectivity index (χ1) is 15.0. The third kappa shape index (κ3) is 5.41. The molecular weight excluding hydrogens is 400 g/mol. The quantitative estimate of drug-likeness (QED) is 0.582. The molecule has 1 aliphatic carbocycles. The number of fused-ring (bicyclic) bond motifs is 3. The van der Waals surface area contributed by atoms with Crippen molar-refractivity contribution >= 4 is 18.0 Å². The molecule has 0 fully saturated rings. The average Bonchev–Trinajstić information content (AvgIpc) is 3.08. The average molecular weight is 422 g/mol. The number of aliphatic hydroxyl groups is 1. The summed E-state index contributed by atoms with van der Waals surface area (Å²) < 4.78 is 5.36. The molecule has 8 nitrogen and oxygen atoms in total. The minimum absolute atomic E-state index is 0.0612. The van der Waals surface area contributed by atoms with E-state index in [9.17, 15) is 14.4 Å². The number of benzene rings is 2. The smallest absolute Gasteiger partial charge is 0.407 e. The van der Waals surface area contributed by atoms with Crippen molar-refractivity contribution in [3.8, 4) is 23.0 Å². The number of hydrogen-bond acceptors (Lipinski definition) is 5. The largest absolute Gasteiger partial charge is 0.480 e. The number of nitrogens with one attached hydrogen (secondary N) is 1.